The van der Waals surface area contributed by atoms with Gasteiger partial charge in [0.2, 0.25) is 5.91 Å². The number of rotatable bonds is 4. The number of benzene rings is 1. The van der Waals surface area contributed by atoms with Gasteiger partial charge in [-0.2, -0.15) is 0 Å². The Bertz CT molecular complexity index is 311. The topological polar surface area (TPSA) is 29.1 Å². The molecule has 0 aromatic heterocycles. The van der Waals surface area contributed by atoms with Crippen molar-refractivity contribution in [3.63, 3.8) is 0 Å². The summed E-state index contributed by atoms with van der Waals surface area (Å²) in [5, 5.41) is 2.78. The Morgan fingerprint density at radius 1 is 1.43 bits per heavy atom. The van der Waals surface area contributed by atoms with Gasteiger partial charge in [0, 0.05) is 13.8 Å². The molecule has 0 saturated heterocycles. The Morgan fingerprint density at radius 2 is 2.07 bits per heavy atom. The molecule has 1 rings (SSSR count). The molecule has 2 nitrogen and oxygen atoms in total. The van der Waals surface area contributed by atoms with Crippen LogP contribution < -0.4 is 5.32 Å². The first kappa shape index (κ1) is 9.25. The second kappa shape index (κ2) is 5.43. The Labute approximate surface area is 86.7 Å². The molecule has 14 heavy (non-hydrogen) atoms. The third-order valence-corrected chi connectivity index (χ3v) is 1.77. The number of amides is 1. The first-order valence-electron chi connectivity index (χ1n) is 5.44. The van der Waals surface area contributed by atoms with Crippen molar-refractivity contribution in [3.05, 3.63) is 35.9 Å². The van der Waals surface area contributed by atoms with Gasteiger partial charge in [-0.1, -0.05) is 30.3 Å². The highest BCUT2D eigenvalue weighted by molar-refractivity contribution is 5.76. The molecule has 1 N–H and O–H groups in total. The lowest BCUT2D eigenvalue weighted by molar-refractivity contribution is -0.121. The molecule has 0 saturated carbocycles. The monoisotopic (exact) mass is 192 g/mol. The second-order valence-corrected chi connectivity index (χ2v) is 3.54. The molecule has 1 amide bonds. The normalized spacial score (nSPS) is 13.5. The number of carbonyl (C=O) groups is 1. The Hall–Kier alpha value is -1.31. The SMILES string of the molecule is [2H]C(CC(=O)NC(C)C)c1ccccc1. The van der Waals surface area contributed by atoms with Gasteiger partial charge in [-0.25, -0.2) is 0 Å². The number of aryl methyl sites for hydroxylation is 1. The van der Waals surface area contributed by atoms with Gasteiger partial charge in [-0.3, -0.25) is 4.79 Å². The zero-order valence-corrected chi connectivity index (χ0v) is 8.66. The zero-order valence-electron chi connectivity index (χ0n) is 9.66. The van der Waals surface area contributed by atoms with Crippen molar-refractivity contribution in [1.29, 1.82) is 0 Å². The molecule has 2 heteroatoms. The minimum atomic E-state index is -0.468. The van der Waals surface area contributed by atoms with E-state index in [1.54, 1.807) is 0 Å². The van der Waals surface area contributed by atoms with E-state index in [0.29, 0.717) is 0 Å². The van der Waals surface area contributed by atoms with Crippen LogP contribution in [0.4, 0.5) is 0 Å². The van der Waals surface area contributed by atoms with Crippen LogP contribution >= 0.6 is 0 Å². The van der Waals surface area contributed by atoms with Gasteiger partial charge >= 0.3 is 0 Å². The maximum Gasteiger partial charge on any atom is 0.220 e. The summed E-state index contributed by atoms with van der Waals surface area (Å²) in [4.78, 5) is 11.4. The molecule has 1 aromatic rings. The Balaban J connectivity index is 2.49. The lowest BCUT2D eigenvalue weighted by atomic mass is 10.1. The van der Waals surface area contributed by atoms with Crippen LogP contribution in [0.15, 0.2) is 30.3 Å². The van der Waals surface area contributed by atoms with E-state index in [0.717, 1.165) is 5.56 Å². The van der Waals surface area contributed by atoms with E-state index < -0.39 is 6.40 Å². The van der Waals surface area contributed by atoms with E-state index >= 15 is 0 Å². The van der Waals surface area contributed by atoms with Gasteiger partial charge in [-0.15, -0.1) is 0 Å². The third-order valence-electron chi connectivity index (χ3n) is 1.77. The smallest absolute Gasteiger partial charge is 0.220 e. The van der Waals surface area contributed by atoms with Gasteiger partial charge in [-0.05, 0) is 25.8 Å². The standard InChI is InChI=1S/C12H17NO/c1-10(2)13-12(14)9-8-11-6-4-3-5-7-11/h3-7,10H,8-9H2,1-2H3,(H,13,14)/i8D. The summed E-state index contributed by atoms with van der Waals surface area (Å²) in [5.74, 6) is -0.0612. The fourth-order valence-corrected chi connectivity index (χ4v) is 1.18. The van der Waals surface area contributed by atoms with E-state index in [-0.39, 0.29) is 18.4 Å². The molecule has 0 spiro atoms. The molecule has 0 fully saturated rings. The highest BCUT2D eigenvalue weighted by Gasteiger charge is 2.02. The van der Waals surface area contributed by atoms with Crippen molar-refractivity contribution in [2.24, 2.45) is 0 Å². The number of hydrogen-bond acceptors (Lipinski definition) is 1. The summed E-state index contributed by atoms with van der Waals surface area (Å²) >= 11 is 0. The molecular formula is C12H17NO. The minimum Gasteiger partial charge on any atom is -0.354 e. The Morgan fingerprint density at radius 3 is 2.64 bits per heavy atom. The molecule has 0 aliphatic rings. The average Bonchev–Trinajstić information content (AvgIpc) is 2.17. The van der Waals surface area contributed by atoms with Crippen molar-refractivity contribution in [2.75, 3.05) is 0 Å². The second-order valence-electron chi connectivity index (χ2n) is 3.54. The predicted molar refractivity (Wildman–Crippen MR) is 58.0 cm³/mol. The first-order valence-corrected chi connectivity index (χ1v) is 4.86. The van der Waals surface area contributed by atoms with Gasteiger partial charge in [0.05, 0.1) is 0 Å². The summed E-state index contributed by atoms with van der Waals surface area (Å²) < 4.78 is 7.83. The molecule has 1 atom stereocenters. The summed E-state index contributed by atoms with van der Waals surface area (Å²) in [6.45, 7) is 3.83. The molecule has 0 heterocycles. The third kappa shape index (κ3) is 4.08. The summed E-state index contributed by atoms with van der Waals surface area (Å²) in [6.07, 6.45) is -0.243. The zero-order chi connectivity index (χ0) is 11.3. The van der Waals surface area contributed by atoms with E-state index in [4.69, 9.17) is 1.37 Å². The predicted octanol–water partition coefficient (Wildman–Crippen LogP) is 2.14. The Kier molecular flexibility index (Phi) is 3.59. The maximum atomic E-state index is 11.4. The highest BCUT2D eigenvalue weighted by Crippen LogP contribution is 2.02. The molecule has 0 radical (unpaired) electrons. The van der Waals surface area contributed by atoms with Crippen LogP contribution in [-0.4, -0.2) is 11.9 Å². The quantitative estimate of drug-likeness (QED) is 0.778. The van der Waals surface area contributed by atoms with E-state index in [9.17, 15) is 4.79 Å². The first-order chi connectivity index (χ1) is 7.09. The molecule has 0 bridgehead atoms. The molecule has 76 valence electrons. The van der Waals surface area contributed by atoms with Crippen molar-refractivity contribution < 1.29 is 6.17 Å². The summed E-state index contributed by atoms with van der Waals surface area (Å²) in [7, 11) is 0. The van der Waals surface area contributed by atoms with Gasteiger partial charge in [0.25, 0.3) is 0 Å². The van der Waals surface area contributed by atoms with E-state index in [1.165, 1.54) is 0 Å². The van der Waals surface area contributed by atoms with E-state index in [1.807, 2.05) is 44.2 Å². The molecule has 1 aromatic carbocycles. The van der Waals surface area contributed by atoms with Crippen LogP contribution in [0.2, 0.25) is 0 Å². The van der Waals surface area contributed by atoms with Gasteiger partial charge < -0.3 is 5.32 Å². The lowest BCUT2D eigenvalue weighted by Crippen LogP contribution is -2.30. The van der Waals surface area contributed by atoms with Gasteiger partial charge in [0.1, 0.15) is 0 Å². The fraction of sp³-hybridized carbons (Fsp3) is 0.417. The number of carbonyl (C=O) groups excluding carboxylic acids is 1. The van der Waals surface area contributed by atoms with Crippen LogP contribution in [0.25, 0.3) is 0 Å². The van der Waals surface area contributed by atoms with Crippen molar-refractivity contribution in [1.82, 2.24) is 5.32 Å². The van der Waals surface area contributed by atoms with Crippen molar-refractivity contribution in [3.8, 4) is 0 Å². The molecule has 1 unspecified atom stereocenters. The molecule has 0 aliphatic heterocycles. The average molecular weight is 192 g/mol. The van der Waals surface area contributed by atoms with Crippen LogP contribution in [0, 0.1) is 0 Å². The van der Waals surface area contributed by atoms with Crippen LogP contribution in [0.1, 0.15) is 27.2 Å². The van der Waals surface area contributed by atoms with Crippen molar-refractivity contribution in [2.45, 2.75) is 32.7 Å². The van der Waals surface area contributed by atoms with Gasteiger partial charge in [0.15, 0.2) is 0 Å². The fourth-order valence-electron chi connectivity index (χ4n) is 1.18. The minimum absolute atomic E-state index is 0.0612. The summed E-state index contributed by atoms with van der Waals surface area (Å²) in [6, 6.07) is 9.57. The van der Waals surface area contributed by atoms with Crippen LogP contribution in [-0.2, 0) is 11.2 Å². The van der Waals surface area contributed by atoms with E-state index in [2.05, 4.69) is 5.32 Å². The molecule has 0 aliphatic carbocycles. The molecular weight excluding hydrogens is 174 g/mol. The largest absolute Gasteiger partial charge is 0.354 e. The number of nitrogens with one attached hydrogen (secondary N) is 1. The van der Waals surface area contributed by atoms with Crippen molar-refractivity contribution >= 4 is 5.91 Å². The highest BCUT2D eigenvalue weighted by atomic mass is 16.1. The maximum absolute atomic E-state index is 11.4. The summed E-state index contributed by atoms with van der Waals surface area (Å²) in [5.41, 5.74) is 0.886. The number of hydrogen-bond donors (Lipinski definition) is 1. The van der Waals surface area contributed by atoms with Crippen LogP contribution in [0.5, 0.6) is 0 Å². The lowest BCUT2D eigenvalue weighted by Gasteiger charge is -2.07. The van der Waals surface area contributed by atoms with Crippen LogP contribution in [0.3, 0.4) is 0 Å².